The van der Waals surface area contributed by atoms with Crippen LogP contribution in [0.4, 0.5) is 0 Å². The van der Waals surface area contributed by atoms with E-state index < -0.39 is 0 Å². The molecule has 0 amide bonds. The Labute approximate surface area is 84.8 Å². The standard InChI is InChI=1S/C8H14N2.CHNS/c1-3-4-6-10-7-5-9-8(10)2;2-1-3/h5,7H,3-4,6H2,1-2H3;3H. The molecule has 0 radical (unpaired) electrons. The van der Waals surface area contributed by atoms with Gasteiger partial charge >= 0.3 is 0 Å². The summed E-state index contributed by atoms with van der Waals surface area (Å²) in [4.78, 5) is 4.13. The molecule has 0 saturated heterocycles. The number of aromatic nitrogens is 2. The third-order valence-corrected chi connectivity index (χ3v) is 1.68. The van der Waals surface area contributed by atoms with E-state index >= 15 is 0 Å². The molecule has 1 rings (SSSR count). The molecule has 1 heterocycles. The van der Waals surface area contributed by atoms with Gasteiger partial charge < -0.3 is 4.57 Å². The van der Waals surface area contributed by atoms with Crippen LogP contribution >= 0.6 is 12.6 Å². The summed E-state index contributed by atoms with van der Waals surface area (Å²) in [6, 6.07) is 0. The molecule has 3 nitrogen and oxygen atoms in total. The fraction of sp³-hybridized carbons (Fsp3) is 0.556. The Hall–Kier alpha value is -0.950. The molecule has 0 atom stereocenters. The molecule has 72 valence electrons. The fourth-order valence-corrected chi connectivity index (χ4v) is 0.969. The maximum atomic E-state index is 7.18. The number of nitrogens with zero attached hydrogens (tertiary/aromatic N) is 3. The first-order valence-electron chi connectivity index (χ1n) is 4.27. The summed E-state index contributed by atoms with van der Waals surface area (Å²) in [5, 5.41) is 8.63. The summed E-state index contributed by atoms with van der Waals surface area (Å²) in [6.45, 7) is 5.35. The smallest absolute Gasteiger partial charge is 0.130 e. The van der Waals surface area contributed by atoms with Gasteiger partial charge in [0.2, 0.25) is 0 Å². The van der Waals surface area contributed by atoms with Crippen molar-refractivity contribution in [3.05, 3.63) is 18.2 Å². The molecule has 0 unspecified atom stereocenters. The predicted molar refractivity (Wildman–Crippen MR) is 56.5 cm³/mol. The summed E-state index contributed by atoms with van der Waals surface area (Å²) >= 11 is 3.09. The van der Waals surface area contributed by atoms with Crippen molar-refractivity contribution in [2.75, 3.05) is 0 Å². The van der Waals surface area contributed by atoms with Crippen molar-refractivity contribution < 1.29 is 0 Å². The molecule has 13 heavy (non-hydrogen) atoms. The molecule has 0 aliphatic rings. The van der Waals surface area contributed by atoms with Gasteiger partial charge in [-0.25, -0.2) is 4.98 Å². The highest BCUT2D eigenvalue weighted by atomic mass is 32.1. The largest absolute Gasteiger partial charge is 0.335 e. The van der Waals surface area contributed by atoms with Gasteiger partial charge in [0, 0.05) is 18.9 Å². The summed E-state index contributed by atoms with van der Waals surface area (Å²) in [5.41, 5.74) is 0. The van der Waals surface area contributed by atoms with Crippen LogP contribution in [0.5, 0.6) is 0 Å². The molecule has 1 aromatic rings. The van der Waals surface area contributed by atoms with Crippen molar-refractivity contribution in [3.63, 3.8) is 0 Å². The minimum Gasteiger partial charge on any atom is -0.335 e. The zero-order chi connectivity index (χ0) is 10.1. The third-order valence-electron chi connectivity index (χ3n) is 1.68. The van der Waals surface area contributed by atoms with Gasteiger partial charge in [-0.15, -0.1) is 0 Å². The van der Waals surface area contributed by atoms with Crippen LogP contribution in [0.15, 0.2) is 12.4 Å². The first-order valence-corrected chi connectivity index (χ1v) is 4.71. The lowest BCUT2D eigenvalue weighted by Crippen LogP contribution is -1.97. The SMILES string of the molecule is CCCCn1ccnc1C.N#CS. The maximum absolute atomic E-state index is 7.18. The third kappa shape index (κ3) is 5.31. The zero-order valence-corrected chi connectivity index (χ0v) is 8.96. The van der Waals surface area contributed by atoms with Crippen LogP contribution in [-0.2, 0) is 6.54 Å². The number of thiol groups is 1. The van der Waals surface area contributed by atoms with Crippen LogP contribution in [0.2, 0.25) is 0 Å². The Morgan fingerprint density at radius 3 is 2.69 bits per heavy atom. The summed E-state index contributed by atoms with van der Waals surface area (Å²) < 4.78 is 2.18. The van der Waals surface area contributed by atoms with Crippen molar-refractivity contribution in [1.82, 2.24) is 9.55 Å². The van der Waals surface area contributed by atoms with Crippen LogP contribution < -0.4 is 0 Å². The molecule has 1 aromatic heterocycles. The lowest BCUT2D eigenvalue weighted by molar-refractivity contribution is 0.616. The number of hydrogen-bond donors (Lipinski definition) is 1. The molecule has 4 heteroatoms. The summed E-state index contributed by atoms with van der Waals surface area (Å²) in [6.07, 6.45) is 6.38. The van der Waals surface area contributed by atoms with Crippen LogP contribution in [0, 0.1) is 17.6 Å². The number of aryl methyl sites for hydroxylation is 2. The zero-order valence-electron chi connectivity index (χ0n) is 8.06. The monoisotopic (exact) mass is 197 g/mol. The van der Waals surface area contributed by atoms with Gasteiger partial charge in [-0.2, -0.15) is 5.26 Å². The van der Waals surface area contributed by atoms with E-state index in [1.54, 1.807) is 0 Å². The molecule has 0 saturated carbocycles. The van der Waals surface area contributed by atoms with E-state index in [1.807, 2.05) is 19.3 Å². The molecule has 0 bridgehead atoms. The first-order chi connectivity index (χ1) is 6.26. The number of unbranched alkanes of at least 4 members (excludes halogenated alkanes) is 1. The van der Waals surface area contributed by atoms with Crippen molar-refractivity contribution in [1.29, 1.82) is 5.26 Å². The van der Waals surface area contributed by atoms with Gasteiger partial charge in [-0.3, -0.25) is 0 Å². The molecule has 0 fully saturated rings. The highest BCUT2D eigenvalue weighted by Gasteiger charge is 1.93. The van der Waals surface area contributed by atoms with Crippen LogP contribution in [0.1, 0.15) is 25.6 Å². The van der Waals surface area contributed by atoms with E-state index in [0.717, 1.165) is 12.4 Å². The summed E-state index contributed by atoms with van der Waals surface area (Å²) in [5.74, 6) is 1.12. The highest BCUT2D eigenvalue weighted by Crippen LogP contribution is 1.98. The molecule has 0 aliphatic heterocycles. The quantitative estimate of drug-likeness (QED) is 0.597. The molecule has 0 aliphatic carbocycles. The average molecular weight is 197 g/mol. The Morgan fingerprint density at radius 1 is 1.69 bits per heavy atom. The van der Waals surface area contributed by atoms with Crippen molar-refractivity contribution in [3.8, 4) is 5.40 Å². The van der Waals surface area contributed by atoms with Gasteiger partial charge in [0.1, 0.15) is 11.2 Å². The van der Waals surface area contributed by atoms with Crippen molar-refractivity contribution in [2.24, 2.45) is 0 Å². The van der Waals surface area contributed by atoms with E-state index in [0.29, 0.717) is 0 Å². The molecule has 0 spiro atoms. The van der Waals surface area contributed by atoms with Crippen LogP contribution in [0.25, 0.3) is 0 Å². The molecular formula is C9H15N3S. The Morgan fingerprint density at radius 2 is 2.31 bits per heavy atom. The van der Waals surface area contributed by atoms with Crippen LogP contribution in [0.3, 0.4) is 0 Å². The second-order valence-corrected chi connectivity index (χ2v) is 2.82. The van der Waals surface area contributed by atoms with E-state index in [1.165, 1.54) is 18.2 Å². The Kier molecular flexibility index (Phi) is 7.12. The number of nitriles is 1. The topological polar surface area (TPSA) is 41.6 Å². The molecule has 0 N–H and O–H groups in total. The fourth-order valence-electron chi connectivity index (χ4n) is 0.969. The average Bonchev–Trinajstić information content (AvgIpc) is 2.49. The van der Waals surface area contributed by atoms with E-state index in [4.69, 9.17) is 5.26 Å². The lowest BCUT2D eigenvalue weighted by Gasteiger charge is -2.01. The number of thiocyanates is 1. The van der Waals surface area contributed by atoms with Crippen molar-refractivity contribution >= 4 is 12.6 Å². The number of imidazole rings is 1. The normalized spacial score (nSPS) is 8.46. The lowest BCUT2D eigenvalue weighted by atomic mass is 10.3. The Balaban J connectivity index is 0.000000424. The second-order valence-electron chi connectivity index (χ2n) is 2.62. The predicted octanol–water partition coefficient (Wildman–Crippen LogP) is 2.39. The van der Waals surface area contributed by atoms with Gasteiger partial charge in [0.15, 0.2) is 0 Å². The second kappa shape index (κ2) is 7.69. The summed E-state index contributed by atoms with van der Waals surface area (Å²) in [7, 11) is 0. The van der Waals surface area contributed by atoms with Gasteiger partial charge in [0.25, 0.3) is 0 Å². The molecule has 0 aromatic carbocycles. The minimum atomic E-state index is 1.11. The first kappa shape index (κ1) is 12.0. The minimum absolute atomic E-state index is 1.11. The van der Waals surface area contributed by atoms with E-state index in [-0.39, 0.29) is 0 Å². The highest BCUT2D eigenvalue weighted by molar-refractivity contribution is 7.85. The van der Waals surface area contributed by atoms with Gasteiger partial charge in [-0.05, 0) is 13.3 Å². The van der Waals surface area contributed by atoms with E-state index in [9.17, 15) is 0 Å². The maximum Gasteiger partial charge on any atom is 0.130 e. The van der Waals surface area contributed by atoms with Crippen LogP contribution in [-0.4, -0.2) is 9.55 Å². The van der Waals surface area contributed by atoms with Gasteiger partial charge in [-0.1, -0.05) is 26.0 Å². The van der Waals surface area contributed by atoms with E-state index in [2.05, 4.69) is 29.1 Å². The number of rotatable bonds is 3. The Bertz CT molecular complexity index is 262. The van der Waals surface area contributed by atoms with Crippen molar-refractivity contribution in [2.45, 2.75) is 33.2 Å². The number of hydrogen-bond acceptors (Lipinski definition) is 3. The molecular weight excluding hydrogens is 182 g/mol. The van der Waals surface area contributed by atoms with Gasteiger partial charge in [0.05, 0.1) is 0 Å².